The summed E-state index contributed by atoms with van der Waals surface area (Å²) in [6, 6.07) is 13.6. The molecule has 0 spiro atoms. The number of unbranched alkanes of at least 4 members (excludes halogenated alkanes) is 3. The van der Waals surface area contributed by atoms with Crippen LogP contribution in [0.25, 0.3) is 10.8 Å². The molecule has 1 aliphatic rings. The highest BCUT2D eigenvalue weighted by molar-refractivity contribution is 5.84. The van der Waals surface area contributed by atoms with Crippen molar-refractivity contribution in [2.45, 2.75) is 84.0 Å². The summed E-state index contributed by atoms with van der Waals surface area (Å²) >= 11 is 0. The molecular weight excluding hydrogens is 316 g/mol. The first kappa shape index (κ1) is 19.3. The largest absolute Gasteiger partial charge is 0.494 e. The first-order valence-corrected chi connectivity index (χ1v) is 11.0. The standard InChI is InChI=1S/C25H36O/c1-3-5-7-8-20-9-11-21(12-10-20)22-13-14-24-19-25(26-17-6-4-2)16-15-23(24)18-22/h13-16,18-21H,3-12,17H2,1-2H3. The maximum atomic E-state index is 5.85. The lowest BCUT2D eigenvalue weighted by Crippen LogP contribution is -2.13. The van der Waals surface area contributed by atoms with Crippen molar-refractivity contribution in [3.05, 3.63) is 42.0 Å². The van der Waals surface area contributed by atoms with E-state index in [-0.39, 0.29) is 0 Å². The van der Waals surface area contributed by atoms with E-state index < -0.39 is 0 Å². The van der Waals surface area contributed by atoms with E-state index in [4.69, 9.17) is 4.74 Å². The van der Waals surface area contributed by atoms with Gasteiger partial charge in [-0.2, -0.15) is 0 Å². The summed E-state index contributed by atoms with van der Waals surface area (Å²) in [5.74, 6) is 2.76. The van der Waals surface area contributed by atoms with Gasteiger partial charge in [0.15, 0.2) is 0 Å². The summed E-state index contributed by atoms with van der Waals surface area (Å²) in [4.78, 5) is 0. The Morgan fingerprint density at radius 1 is 0.808 bits per heavy atom. The molecule has 2 aromatic carbocycles. The third kappa shape index (κ3) is 5.25. The van der Waals surface area contributed by atoms with Crippen molar-refractivity contribution in [1.82, 2.24) is 0 Å². The second-order valence-corrected chi connectivity index (χ2v) is 8.18. The average Bonchev–Trinajstić information content (AvgIpc) is 2.68. The molecule has 0 aromatic heterocycles. The van der Waals surface area contributed by atoms with Gasteiger partial charge in [0.05, 0.1) is 6.61 Å². The molecule has 0 atom stereocenters. The number of rotatable bonds is 9. The van der Waals surface area contributed by atoms with Gasteiger partial charge in [-0.3, -0.25) is 0 Å². The van der Waals surface area contributed by atoms with Gasteiger partial charge in [-0.1, -0.05) is 70.2 Å². The summed E-state index contributed by atoms with van der Waals surface area (Å²) in [7, 11) is 0. The lowest BCUT2D eigenvalue weighted by molar-refractivity contribution is 0.303. The third-order valence-electron chi connectivity index (χ3n) is 6.14. The topological polar surface area (TPSA) is 9.23 Å². The van der Waals surface area contributed by atoms with Crippen LogP contribution in [0.2, 0.25) is 0 Å². The van der Waals surface area contributed by atoms with Gasteiger partial charge in [-0.15, -0.1) is 0 Å². The molecule has 1 fully saturated rings. The molecule has 0 amide bonds. The van der Waals surface area contributed by atoms with Gasteiger partial charge in [-0.05, 0) is 72.4 Å². The summed E-state index contributed by atoms with van der Waals surface area (Å²) in [5.41, 5.74) is 1.55. The molecule has 0 radical (unpaired) electrons. The second kappa shape index (κ2) is 10.00. The van der Waals surface area contributed by atoms with Crippen molar-refractivity contribution in [1.29, 1.82) is 0 Å². The average molecular weight is 353 g/mol. The van der Waals surface area contributed by atoms with Crippen LogP contribution >= 0.6 is 0 Å². The van der Waals surface area contributed by atoms with Gasteiger partial charge in [0.25, 0.3) is 0 Å². The highest BCUT2D eigenvalue weighted by Crippen LogP contribution is 2.38. The van der Waals surface area contributed by atoms with E-state index >= 15 is 0 Å². The Balaban J connectivity index is 1.58. The van der Waals surface area contributed by atoms with Crippen LogP contribution < -0.4 is 4.74 Å². The van der Waals surface area contributed by atoms with Crippen LogP contribution in [0.15, 0.2) is 36.4 Å². The fourth-order valence-electron chi connectivity index (χ4n) is 4.39. The first-order valence-electron chi connectivity index (χ1n) is 11.0. The summed E-state index contributed by atoms with van der Waals surface area (Å²) in [5, 5.41) is 2.66. The monoisotopic (exact) mass is 352 g/mol. The van der Waals surface area contributed by atoms with Gasteiger partial charge in [0, 0.05) is 0 Å². The van der Waals surface area contributed by atoms with E-state index in [1.165, 1.54) is 68.6 Å². The molecule has 142 valence electrons. The zero-order chi connectivity index (χ0) is 18.2. The van der Waals surface area contributed by atoms with E-state index in [2.05, 4.69) is 50.2 Å². The van der Waals surface area contributed by atoms with Gasteiger partial charge >= 0.3 is 0 Å². The summed E-state index contributed by atoms with van der Waals surface area (Å²) in [6.07, 6.45) is 13.6. The smallest absolute Gasteiger partial charge is 0.119 e. The van der Waals surface area contributed by atoms with Gasteiger partial charge in [-0.25, -0.2) is 0 Å². The fraction of sp³-hybridized carbons (Fsp3) is 0.600. The van der Waals surface area contributed by atoms with E-state index in [1.807, 2.05) is 0 Å². The third-order valence-corrected chi connectivity index (χ3v) is 6.14. The molecule has 26 heavy (non-hydrogen) atoms. The molecule has 0 N–H and O–H groups in total. The second-order valence-electron chi connectivity index (χ2n) is 8.18. The molecule has 3 rings (SSSR count). The Kier molecular flexibility index (Phi) is 7.41. The molecule has 1 nitrogen and oxygen atoms in total. The normalized spacial score (nSPS) is 20.4. The van der Waals surface area contributed by atoms with Crippen molar-refractivity contribution in [2.24, 2.45) is 5.92 Å². The van der Waals surface area contributed by atoms with Crippen molar-refractivity contribution in [3.63, 3.8) is 0 Å². The van der Waals surface area contributed by atoms with Crippen LogP contribution in [-0.2, 0) is 0 Å². The molecule has 2 aromatic rings. The minimum atomic E-state index is 0.766. The molecule has 1 heteroatoms. The Bertz CT molecular complexity index is 667. The number of hydrogen-bond donors (Lipinski definition) is 0. The van der Waals surface area contributed by atoms with Gasteiger partial charge < -0.3 is 4.74 Å². The number of ether oxygens (including phenoxy) is 1. The van der Waals surface area contributed by atoms with E-state index in [9.17, 15) is 0 Å². The predicted molar refractivity (Wildman–Crippen MR) is 113 cm³/mol. The molecule has 1 aliphatic carbocycles. The highest BCUT2D eigenvalue weighted by Gasteiger charge is 2.22. The van der Waals surface area contributed by atoms with Gasteiger partial charge in [0.1, 0.15) is 5.75 Å². The van der Waals surface area contributed by atoms with Crippen LogP contribution in [0, 0.1) is 5.92 Å². The number of fused-ring (bicyclic) bond motifs is 1. The van der Waals surface area contributed by atoms with Gasteiger partial charge in [0.2, 0.25) is 0 Å². The molecule has 0 unspecified atom stereocenters. The van der Waals surface area contributed by atoms with E-state index in [0.29, 0.717) is 0 Å². The Hall–Kier alpha value is -1.50. The molecule has 0 bridgehead atoms. The minimum absolute atomic E-state index is 0.766. The van der Waals surface area contributed by atoms with Crippen molar-refractivity contribution >= 4 is 10.8 Å². The molecule has 0 aliphatic heterocycles. The highest BCUT2D eigenvalue weighted by atomic mass is 16.5. The van der Waals surface area contributed by atoms with Crippen LogP contribution in [0.1, 0.15) is 89.5 Å². The fourth-order valence-corrected chi connectivity index (χ4v) is 4.39. The van der Waals surface area contributed by atoms with E-state index in [1.54, 1.807) is 5.56 Å². The first-order chi connectivity index (χ1) is 12.8. The maximum Gasteiger partial charge on any atom is 0.119 e. The van der Waals surface area contributed by atoms with Crippen LogP contribution in [0.5, 0.6) is 5.75 Å². The molecule has 1 saturated carbocycles. The predicted octanol–water partition coefficient (Wildman–Crippen LogP) is 7.87. The lowest BCUT2D eigenvalue weighted by Gasteiger charge is -2.29. The maximum absolute atomic E-state index is 5.85. The number of hydrogen-bond acceptors (Lipinski definition) is 1. The van der Waals surface area contributed by atoms with E-state index in [0.717, 1.165) is 30.6 Å². The van der Waals surface area contributed by atoms with Crippen LogP contribution in [-0.4, -0.2) is 6.61 Å². The summed E-state index contributed by atoms with van der Waals surface area (Å²) < 4.78 is 5.85. The number of benzene rings is 2. The molecule has 0 heterocycles. The Morgan fingerprint density at radius 2 is 1.54 bits per heavy atom. The lowest BCUT2D eigenvalue weighted by atomic mass is 9.77. The Labute approximate surface area is 160 Å². The molecular formula is C25H36O. The quantitative estimate of drug-likeness (QED) is 0.417. The summed E-state index contributed by atoms with van der Waals surface area (Å²) in [6.45, 7) is 5.32. The zero-order valence-electron chi connectivity index (χ0n) is 16.8. The molecule has 0 saturated heterocycles. The zero-order valence-corrected chi connectivity index (χ0v) is 16.8. The van der Waals surface area contributed by atoms with Crippen LogP contribution in [0.3, 0.4) is 0 Å². The minimum Gasteiger partial charge on any atom is -0.494 e. The van der Waals surface area contributed by atoms with Crippen LogP contribution in [0.4, 0.5) is 0 Å². The SMILES string of the molecule is CCCCCC1CCC(c2ccc3cc(OCCCC)ccc3c2)CC1. The van der Waals surface area contributed by atoms with Crippen molar-refractivity contribution in [2.75, 3.05) is 6.61 Å². The van der Waals surface area contributed by atoms with Crippen molar-refractivity contribution in [3.8, 4) is 5.75 Å². The Morgan fingerprint density at radius 3 is 2.31 bits per heavy atom. The van der Waals surface area contributed by atoms with Crippen molar-refractivity contribution < 1.29 is 4.74 Å².